The number of aromatic nitrogens is 1. The highest BCUT2D eigenvalue weighted by molar-refractivity contribution is 9.10. The Balaban J connectivity index is 1.83. The zero-order valence-corrected chi connectivity index (χ0v) is 13.2. The Labute approximate surface area is 136 Å². The fraction of sp³-hybridized carbons (Fsp3) is 0.0588. The van der Waals surface area contributed by atoms with Gasteiger partial charge in [-0.1, -0.05) is 18.2 Å². The standard InChI is InChI=1S/C17H12BrN3O/c18-14-3-1-2-4-15(14)20-17(22)11-21-8-7-13-6-5-12(10-19)9-16(13)21/h1-9H,11H2,(H,20,22). The van der Waals surface area contributed by atoms with Gasteiger partial charge in [0.05, 0.1) is 17.3 Å². The second-order valence-corrected chi connectivity index (χ2v) is 5.71. The first-order valence-electron chi connectivity index (χ1n) is 6.71. The van der Waals surface area contributed by atoms with Crippen molar-refractivity contribution >= 4 is 38.4 Å². The molecule has 2 aromatic carbocycles. The van der Waals surface area contributed by atoms with E-state index in [-0.39, 0.29) is 12.5 Å². The minimum Gasteiger partial charge on any atom is -0.338 e. The van der Waals surface area contributed by atoms with E-state index in [0.717, 1.165) is 21.1 Å². The topological polar surface area (TPSA) is 57.8 Å². The van der Waals surface area contributed by atoms with E-state index in [0.29, 0.717) is 5.56 Å². The molecule has 0 aliphatic heterocycles. The van der Waals surface area contributed by atoms with Gasteiger partial charge in [-0.2, -0.15) is 5.26 Å². The van der Waals surface area contributed by atoms with Gasteiger partial charge in [0.1, 0.15) is 6.54 Å². The number of carbonyl (C=O) groups excluding carboxylic acids is 1. The lowest BCUT2D eigenvalue weighted by Gasteiger charge is -2.09. The largest absolute Gasteiger partial charge is 0.338 e. The summed E-state index contributed by atoms with van der Waals surface area (Å²) in [6, 6.07) is 17.0. The van der Waals surface area contributed by atoms with E-state index in [1.54, 1.807) is 12.1 Å². The number of carbonyl (C=O) groups is 1. The van der Waals surface area contributed by atoms with Gasteiger partial charge in [-0.15, -0.1) is 0 Å². The molecular weight excluding hydrogens is 342 g/mol. The predicted octanol–water partition coefficient (Wildman–Crippen LogP) is 3.91. The molecule has 0 aliphatic carbocycles. The van der Waals surface area contributed by atoms with Gasteiger partial charge in [0.25, 0.3) is 0 Å². The summed E-state index contributed by atoms with van der Waals surface area (Å²) in [5.41, 5.74) is 2.20. The summed E-state index contributed by atoms with van der Waals surface area (Å²) >= 11 is 3.40. The molecule has 3 aromatic rings. The van der Waals surface area contributed by atoms with E-state index in [1.165, 1.54) is 0 Å². The van der Waals surface area contributed by atoms with Crippen LogP contribution in [-0.4, -0.2) is 10.5 Å². The number of amides is 1. The van der Waals surface area contributed by atoms with Gasteiger partial charge in [0, 0.05) is 16.2 Å². The Morgan fingerprint density at radius 2 is 2.05 bits per heavy atom. The van der Waals surface area contributed by atoms with E-state index >= 15 is 0 Å². The third-order valence-corrected chi connectivity index (χ3v) is 4.06. The van der Waals surface area contributed by atoms with Gasteiger partial charge < -0.3 is 9.88 Å². The highest BCUT2D eigenvalue weighted by Crippen LogP contribution is 2.22. The van der Waals surface area contributed by atoms with Gasteiger partial charge >= 0.3 is 0 Å². The Kier molecular flexibility index (Phi) is 3.94. The maximum Gasteiger partial charge on any atom is 0.244 e. The first-order chi connectivity index (χ1) is 10.7. The van der Waals surface area contributed by atoms with Crippen molar-refractivity contribution in [1.29, 1.82) is 5.26 Å². The van der Waals surface area contributed by atoms with Crippen molar-refractivity contribution in [1.82, 2.24) is 4.57 Å². The molecule has 1 N–H and O–H groups in total. The molecule has 4 nitrogen and oxygen atoms in total. The number of halogens is 1. The third kappa shape index (κ3) is 2.87. The molecule has 1 aromatic heterocycles. The zero-order chi connectivity index (χ0) is 15.5. The van der Waals surface area contributed by atoms with Crippen LogP contribution in [-0.2, 0) is 11.3 Å². The minimum absolute atomic E-state index is 0.119. The SMILES string of the molecule is N#Cc1ccc2ccn(CC(=O)Nc3ccccc3Br)c2c1. The van der Waals surface area contributed by atoms with Crippen LogP contribution in [0.2, 0.25) is 0 Å². The third-order valence-electron chi connectivity index (χ3n) is 3.36. The van der Waals surface area contributed by atoms with E-state index in [4.69, 9.17) is 5.26 Å². The quantitative estimate of drug-likeness (QED) is 0.775. The molecule has 0 aliphatic rings. The second-order valence-electron chi connectivity index (χ2n) is 4.86. The van der Waals surface area contributed by atoms with Crippen LogP contribution in [0.5, 0.6) is 0 Å². The summed E-state index contributed by atoms with van der Waals surface area (Å²) in [6.07, 6.45) is 1.85. The first kappa shape index (κ1) is 14.4. The first-order valence-corrected chi connectivity index (χ1v) is 7.50. The molecule has 0 unspecified atom stereocenters. The second kappa shape index (κ2) is 6.04. The van der Waals surface area contributed by atoms with Gasteiger partial charge in [-0.3, -0.25) is 4.79 Å². The number of fused-ring (bicyclic) bond motifs is 1. The number of hydrogen-bond donors (Lipinski definition) is 1. The highest BCUT2D eigenvalue weighted by atomic mass is 79.9. The lowest BCUT2D eigenvalue weighted by molar-refractivity contribution is -0.116. The molecule has 3 rings (SSSR count). The van der Waals surface area contributed by atoms with E-state index in [1.807, 2.05) is 47.2 Å². The Bertz CT molecular complexity index is 892. The number of hydrogen-bond acceptors (Lipinski definition) is 2. The maximum atomic E-state index is 12.2. The van der Waals surface area contributed by atoms with Crippen molar-refractivity contribution < 1.29 is 4.79 Å². The lowest BCUT2D eigenvalue weighted by atomic mass is 10.2. The summed E-state index contributed by atoms with van der Waals surface area (Å²) in [5, 5.41) is 12.9. The summed E-state index contributed by atoms with van der Waals surface area (Å²) in [6.45, 7) is 0.194. The molecular formula is C17H12BrN3O. The molecule has 1 heterocycles. The van der Waals surface area contributed by atoms with Crippen LogP contribution in [0, 0.1) is 11.3 Å². The number of nitrogens with one attached hydrogen (secondary N) is 1. The van der Waals surface area contributed by atoms with Gasteiger partial charge in [-0.25, -0.2) is 0 Å². The fourth-order valence-corrected chi connectivity index (χ4v) is 2.68. The van der Waals surface area contributed by atoms with Crippen molar-refractivity contribution in [3.8, 4) is 6.07 Å². The number of anilines is 1. The number of para-hydroxylation sites is 1. The summed E-state index contributed by atoms with van der Waals surface area (Å²) in [5.74, 6) is -0.119. The molecule has 22 heavy (non-hydrogen) atoms. The predicted molar refractivity (Wildman–Crippen MR) is 89.4 cm³/mol. The lowest BCUT2D eigenvalue weighted by Crippen LogP contribution is -2.18. The molecule has 108 valence electrons. The number of rotatable bonds is 3. The maximum absolute atomic E-state index is 12.2. The van der Waals surface area contributed by atoms with Gasteiger partial charge in [0.2, 0.25) is 5.91 Å². The Morgan fingerprint density at radius 1 is 1.23 bits per heavy atom. The summed E-state index contributed by atoms with van der Waals surface area (Å²) in [7, 11) is 0. The molecule has 0 bridgehead atoms. The molecule has 0 saturated carbocycles. The van der Waals surface area contributed by atoms with E-state index in [9.17, 15) is 4.79 Å². The van der Waals surface area contributed by atoms with Crippen molar-refractivity contribution in [2.45, 2.75) is 6.54 Å². The molecule has 0 radical (unpaired) electrons. The molecule has 0 fully saturated rings. The summed E-state index contributed by atoms with van der Waals surface area (Å²) in [4.78, 5) is 12.2. The average molecular weight is 354 g/mol. The monoisotopic (exact) mass is 353 g/mol. The van der Waals surface area contributed by atoms with Crippen LogP contribution >= 0.6 is 15.9 Å². The molecule has 0 saturated heterocycles. The summed E-state index contributed by atoms with van der Waals surface area (Å²) < 4.78 is 2.68. The Hall–Kier alpha value is -2.58. The smallest absolute Gasteiger partial charge is 0.244 e. The number of nitrogens with zero attached hydrogens (tertiary/aromatic N) is 2. The van der Waals surface area contributed by atoms with Crippen molar-refractivity contribution in [3.63, 3.8) is 0 Å². The van der Waals surface area contributed by atoms with Crippen molar-refractivity contribution in [2.75, 3.05) is 5.32 Å². The van der Waals surface area contributed by atoms with Crippen LogP contribution in [0.15, 0.2) is 59.2 Å². The normalized spacial score (nSPS) is 10.4. The fourth-order valence-electron chi connectivity index (χ4n) is 2.30. The zero-order valence-electron chi connectivity index (χ0n) is 11.6. The van der Waals surface area contributed by atoms with Crippen LogP contribution in [0.25, 0.3) is 10.9 Å². The van der Waals surface area contributed by atoms with Crippen LogP contribution < -0.4 is 5.32 Å². The van der Waals surface area contributed by atoms with E-state index < -0.39 is 0 Å². The van der Waals surface area contributed by atoms with Crippen LogP contribution in [0.1, 0.15) is 5.56 Å². The molecule has 0 spiro atoms. The number of nitriles is 1. The molecule has 0 atom stereocenters. The van der Waals surface area contributed by atoms with Crippen molar-refractivity contribution in [3.05, 3.63) is 64.8 Å². The number of benzene rings is 2. The van der Waals surface area contributed by atoms with E-state index in [2.05, 4.69) is 27.3 Å². The highest BCUT2D eigenvalue weighted by Gasteiger charge is 2.08. The Morgan fingerprint density at radius 3 is 2.82 bits per heavy atom. The molecule has 1 amide bonds. The van der Waals surface area contributed by atoms with Crippen molar-refractivity contribution in [2.24, 2.45) is 0 Å². The van der Waals surface area contributed by atoms with Crippen LogP contribution in [0.4, 0.5) is 5.69 Å². The molecule has 5 heteroatoms. The minimum atomic E-state index is -0.119. The average Bonchev–Trinajstić information content (AvgIpc) is 2.91. The van der Waals surface area contributed by atoms with Crippen LogP contribution in [0.3, 0.4) is 0 Å². The van der Waals surface area contributed by atoms with Gasteiger partial charge in [-0.05, 0) is 51.6 Å². The van der Waals surface area contributed by atoms with Gasteiger partial charge in [0.15, 0.2) is 0 Å².